The van der Waals surface area contributed by atoms with Crippen LogP contribution in [0.3, 0.4) is 0 Å². The number of hydrogen-bond acceptors (Lipinski definition) is 2. The largest absolute Gasteiger partial charge is 0.334 e. The maximum atomic E-state index is 2.45. The third-order valence-corrected chi connectivity index (χ3v) is 8.95. The van der Waals surface area contributed by atoms with E-state index in [9.17, 15) is 0 Å². The predicted octanol–water partition coefficient (Wildman–Crippen LogP) is 12.3. The zero-order valence-corrected chi connectivity index (χ0v) is 27.3. The lowest BCUT2D eigenvalue weighted by Crippen LogP contribution is -2.30. The highest BCUT2D eigenvalue weighted by Crippen LogP contribution is 2.38. The van der Waals surface area contributed by atoms with Gasteiger partial charge in [0.25, 0.3) is 0 Å². The molecule has 1 unspecified atom stereocenters. The van der Waals surface area contributed by atoms with Crippen molar-refractivity contribution in [3.8, 4) is 11.1 Å². The van der Waals surface area contributed by atoms with Gasteiger partial charge in [-0.15, -0.1) is 0 Å². The van der Waals surface area contributed by atoms with Crippen LogP contribution in [0.1, 0.15) is 28.7 Å². The van der Waals surface area contributed by atoms with Gasteiger partial charge in [0.2, 0.25) is 0 Å². The van der Waals surface area contributed by atoms with Crippen molar-refractivity contribution in [1.29, 1.82) is 0 Å². The lowest BCUT2D eigenvalue weighted by atomic mass is 9.95. The van der Waals surface area contributed by atoms with Crippen LogP contribution in [-0.4, -0.2) is 6.04 Å². The van der Waals surface area contributed by atoms with Crippen molar-refractivity contribution in [2.75, 3.05) is 9.80 Å². The Balaban J connectivity index is 1.14. The van der Waals surface area contributed by atoms with Gasteiger partial charge in [-0.1, -0.05) is 115 Å². The Bertz CT molecular complexity index is 1970. The van der Waals surface area contributed by atoms with Crippen molar-refractivity contribution < 1.29 is 0 Å². The summed E-state index contributed by atoms with van der Waals surface area (Å²) in [6.45, 7) is 6.43. The summed E-state index contributed by atoms with van der Waals surface area (Å²) in [5.41, 5.74) is 14.6. The van der Waals surface area contributed by atoms with Crippen LogP contribution in [0.25, 0.3) is 16.7 Å². The second kappa shape index (κ2) is 13.4. The SMILES string of the molecule is Cc1ccc(-c2ccc(N(c3ccccc3)C3C=CC(c4ccc(N(c5cccc(C)c5)c5cccc(C)c5)cc4)=CC3)cc2)cc1. The Kier molecular flexibility index (Phi) is 8.58. The highest BCUT2D eigenvalue weighted by molar-refractivity contribution is 5.81. The molecule has 0 aromatic heterocycles. The molecule has 6 aromatic carbocycles. The fraction of sp³-hybridized carbons (Fsp3) is 0.111. The molecule has 1 aliphatic carbocycles. The molecule has 2 nitrogen and oxygen atoms in total. The van der Waals surface area contributed by atoms with Crippen LogP contribution in [0.5, 0.6) is 0 Å². The highest BCUT2D eigenvalue weighted by Gasteiger charge is 2.21. The molecular formula is C45H40N2. The molecule has 0 spiro atoms. The normalized spacial score (nSPS) is 14.0. The summed E-state index contributed by atoms with van der Waals surface area (Å²) in [6, 6.07) is 55.1. The van der Waals surface area contributed by atoms with Crippen molar-refractivity contribution in [2.24, 2.45) is 0 Å². The van der Waals surface area contributed by atoms with E-state index in [1.165, 1.54) is 50.3 Å². The topological polar surface area (TPSA) is 6.48 Å². The summed E-state index contributed by atoms with van der Waals surface area (Å²) in [5, 5.41) is 0. The average Bonchev–Trinajstić information content (AvgIpc) is 3.11. The lowest BCUT2D eigenvalue weighted by Gasteiger charge is -2.33. The minimum Gasteiger partial charge on any atom is -0.334 e. The number of anilines is 5. The van der Waals surface area contributed by atoms with E-state index in [0.717, 1.165) is 23.5 Å². The van der Waals surface area contributed by atoms with Gasteiger partial charge in [0, 0.05) is 28.4 Å². The number of aryl methyl sites for hydroxylation is 3. The van der Waals surface area contributed by atoms with Crippen LogP contribution in [0, 0.1) is 20.8 Å². The lowest BCUT2D eigenvalue weighted by molar-refractivity contribution is 0.787. The molecular weight excluding hydrogens is 569 g/mol. The molecule has 0 saturated carbocycles. The molecule has 0 heterocycles. The molecule has 0 N–H and O–H groups in total. The molecule has 2 heteroatoms. The zero-order chi connectivity index (χ0) is 32.2. The fourth-order valence-corrected chi connectivity index (χ4v) is 6.48. The van der Waals surface area contributed by atoms with Crippen LogP contribution in [-0.2, 0) is 0 Å². The number of para-hydroxylation sites is 1. The van der Waals surface area contributed by atoms with Crippen LogP contribution >= 0.6 is 0 Å². The summed E-state index contributed by atoms with van der Waals surface area (Å²) in [7, 11) is 0. The Morgan fingerprint density at radius 1 is 0.447 bits per heavy atom. The Hall–Kier alpha value is -5.60. The molecule has 7 rings (SSSR count). The maximum absolute atomic E-state index is 2.45. The number of rotatable bonds is 8. The van der Waals surface area contributed by atoms with Gasteiger partial charge in [-0.05, 0) is 121 Å². The number of hydrogen-bond donors (Lipinski definition) is 0. The van der Waals surface area contributed by atoms with Crippen LogP contribution < -0.4 is 9.80 Å². The first kappa shape index (κ1) is 30.1. The third-order valence-electron chi connectivity index (χ3n) is 8.95. The molecule has 0 radical (unpaired) electrons. The Morgan fingerprint density at radius 3 is 1.51 bits per heavy atom. The van der Waals surface area contributed by atoms with Gasteiger partial charge in [-0.3, -0.25) is 0 Å². The van der Waals surface area contributed by atoms with Crippen molar-refractivity contribution in [3.05, 3.63) is 192 Å². The predicted molar refractivity (Wildman–Crippen MR) is 201 cm³/mol. The molecule has 6 aromatic rings. The number of allylic oxidation sites excluding steroid dienone is 2. The van der Waals surface area contributed by atoms with Crippen molar-refractivity contribution >= 4 is 34.0 Å². The van der Waals surface area contributed by atoms with Gasteiger partial charge >= 0.3 is 0 Å². The summed E-state index contributed by atoms with van der Waals surface area (Å²) in [6.07, 6.45) is 7.95. The summed E-state index contributed by atoms with van der Waals surface area (Å²) in [4.78, 5) is 4.79. The molecule has 230 valence electrons. The molecule has 0 fully saturated rings. The monoisotopic (exact) mass is 608 g/mol. The standard InChI is InChI=1S/C45H40N2/c1-33-15-17-36(18-16-33)37-19-25-41(26-20-37)46(40-11-5-4-6-12-40)42-27-21-38(22-28-42)39-23-29-43(30-24-39)47(44-13-7-9-34(2)31-44)45-14-8-10-35(3)32-45/h4-27,29-32,42H,28H2,1-3H3. The third kappa shape index (κ3) is 6.68. The van der Waals surface area contributed by atoms with E-state index in [1.807, 2.05) is 0 Å². The zero-order valence-electron chi connectivity index (χ0n) is 27.3. The number of benzene rings is 6. The first-order valence-electron chi connectivity index (χ1n) is 16.5. The van der Waals surface area contributed by atoms with Crippen molar-refractivity contribution in [1.82, 2.24) is 0 Å². The van der Waals surface area contributed by atoms with E-state index in [1.54, 1.807) is 0 Å². The molecule has 0 bridgehead atoms. The second-order valence-corrected chi connectivity index (χ2v) is 12.5. The minimum absolute atomic E-state index is 0.212. The summed E-state index contributed by atoms with van der Waals surface area (Å²) in [5.74, 6) is 0. The van der Waals surface area contributed by atoms with Crippen molar-refractivity contribution in [3.63, 3.8) is 0 Å². The molecule has 0 aliphatic heterocycles. The van der Waals surface area contributed by atoms with E-state index in [-0.39, 0.29) is 6.04 Å². The first-order valence-corrected chi connectivity index (χ1v) is 16.5. The van der Waals surface area contributed by atoms with Crippen LogP contribution in [0.15, 0.2) is 170 Å². The summed E-state index contributed by atoms with van der Waals surface area (Å²) < 4.78 is 0. The van der Waals surface area contributed by atoms with Gasteiger partial charge in [0.15, 0.2) is 0 Å². The van der Waals surface area contributed by atoms with Gasteiger partial charge in [-0.25, -0.2) is 0 Å². The van der Waals surface area contributed by atoms with Gasteiger partial charge in [-0.2, -0.15) is 0 Å². The summed E-state index contributed by atoms with van der Waals surface area (Å²) >= 11 is 0. The average molecular weight is 609 g/mol. The molecule has 0 saturated heterocycles. The van der Waals surface area contributed by atoms with Gasteiger partial charge < -0.3 is 9.80 Å². The molecule has 1 aliphatic rings. The van der Waals surface area contributed by atoms with Crippen LogP contribution in [0.4, 0.5) is 28.4 Å². The first-order chi connectivity index (χ1) is 23.0. The quantitative estimate of drug-likeness (QED) is 0.170. The molecule has 1 atom stereocenters. The van der Waals surface area contributed by atoms with Crippen LogP contribution in [0.2, 0.25) is 0 Å². The molecule has 0 amide bonds. The van der Waals surface area contributed by atoms with Crippen molar-refractivity contribution in [2.45, 2.75) is 33.2 Å². The van der Waals surface area contributed by atoms with Gasteiger partial charge in [0.1, 0.15) is 0 Å². The van der Waals surface area contributed by atoms with E-state index < -0.39 is 0 Å². The van der Waals surface area contributed by atoms with E-state index in [0.29, 0.717) is 0 Å². The number of nitrogens with zero attached hydrogens (tertiary/aromatic N) is 2. The van der Waals surface area contributed by atoms with E-state index >= 15 is 0 Å². The smallest absolute Gasteiger partial charge is 0.0560 e. The Labute approximate surface area is 279 Å². The maximum Gasteiger partial charge on any atom is 0.0560 e. The minimum atomic E-state index is 0.212. The van der Waals surface area contributed by atoms with E-state index in [2.05, 4.69) is 200 Å². The van der Waals surface area contributed by atoms with Gasteiger partial charge in [0.05, 0.1) is 6.04 Å². The van der Waals surface area contributed by atoms with E-state index in [4.69, 9.17) is 0 Å². The Morgan fingerprint density at radius 2 is 0.957 bits per heavy atom. The second-order valence-electron chi connectivity index (χ2n) is 12.5. The highest BCUT2D eigenvalue weighted by atomic mass is 15.2. The molecule has 47 heavy (non-hydrogen) atoms. The fourth-order valence-electron chi connectivity index (χ4n) is 6.48.